The molecule has 4 aromatic rings. The summed E-state index contributed by atoms with van der Waals surface area (Å²) in [6.45, 7) is 3.18. The lowest BCUT2D eigenvalue weighted by atomic mass is 9.99. The fraction of sp³-hybridized carbons (Fsp3) is 0.367. The SMILES string of the molecule is CN1CCC(n2cc(-c3ccc(Nc4cc(N5OCC[C@@H]5c5cc(F)cc(F)c5)ncn4)c4c3CCO4)cn2)CC1. The molecule has 0 radical (unpaired) electrons. The number of hydrogen-bond donors (Lipinski definition) is 1. The third-order valence-electron chi connectivity index (χ3n) is 8.15. The lowest BCUT2D eigenvalue weighted by molar-refractivity contribution is 0.156. The molecule has 5 heterocycles. The fourth-order valence-electron chi connectivity index (χ4n) is 6.04. The Morgan fingerprint density at radius 2 is 1.80 bits per heavy atom. The van der Waals surface area contributed by atoms with Gasteiger partial charge in [0.1, 0.15) is 29.5 Å². The van der Waals surface area contributed by atoms with Crippen molar-refractivity contribution in [3.05, 3.63) is 77.9 Å². The molecule has 11 heteroatoms. The first kappa shape index (κ1) is 25.8. The zero-order valence-corrected chi connectivity index (χ0v) is 22.8. The number of hydroxylamine groups is 1. The summed E-state index contributed by atoms with van der Waals surface area (Å²) >= 11 is 0. The molecule has 0 saturated carbocycles. The van der Waals surface area contributed by atoms with E-state index in [0.29, 0.717) is 42.9 Å². The lowest BCUT2D eigenvalue weighted by Gasteiger charge is -2.28. The summed E-state index contributed by atoms with van der Waals surface area (Å²) in [7, 11) is 2.16. The normalized spacial score (nSPS) is 19.4. The Bertz CT molecular complexity index is 1550. The van der Waals surface area contributed by atoms with Crippen LogP contribution in [-0.4, -0.2) is 58.0 Å². The average molecular weight is 560 g/mol. The van der Waals surface area contributed by atoms with E-state index in [1.54, 1.807) is 11.1 Å². The van der Waals surface area contributed by atoms with E-state index in [0.717, 1.165) is 66.5 Å². The Morgan fingerprint density at radius 1 is 0.976 bits per heavy atom. The standard InChI is InChI=1S/C30H31F2N7O2/c1-37-8-4-23(5-9-37)38-17-20(16-35-38)24-2-3-26(30-25(24)6-10-40-30)36-28-15-29(34-18-33-28)39-27(7-11-41-39)19-12-21(31)14-22(32)13-19/h2-3,12-18,23,27H,4-11H2,1H3,(H,33,34,36)/t27-/m1/s1. The minimum atomic E-state index is -0.622. The van der Waals surface area contributed by atoms with E-state index in [1.807, 2.05) is 12.3 Å². The number of nitrogens with one attached hydrogen (secondary N) is 1. The van der Waals surface area contributed by atoms with Crippen LogP contribution in [0.4, 0.5) is 26.1 Å². The Kier molecular flexibility index (Phi) is 6.76. The van der Waals surface area contributed by atoms with Gasteiger partial charge in [-0.25, -0.2) is 23.8 Å². The van der Waals surface area contributed by atoms with Gasteiger partial charge in [0, 0.05) is 42.3 Å². The number of benzene rings is 2. The van der Waals surface area contributed by atoms with Gasteiger partial charge in [0.2, 0.25) is 0 Å². The molecule has 0 aliphatic carbocycles. The van der Waals surface area contributed by atoms with Crippen molar-refractivity contribution >= 4 is 17.3 Å². The molecule has 0 spiro atoms. The van der Waals surface area contributed by atoms with Crippen LogP contribution in [0.15, 0.2) is 55.1 Å². The first-order valence-electron chi connectivity index (χ1n) is 14.0. The van der Waals surface area contributed by atoms with Gasteiger partial charge >= 0.3 is 0 Å². The van der Waals surface area contributed by atoms with E-state index in [1.165, 1.54) is 18.5 Å². The van der Waals surface area contributed by atoms with Crippen molar-refractivity contribution in [2.45, 2.75) is 37.8 Å². The highest BCUT2D eigenvalue weighted by Crippen LogP contribution is 2.42. The number of piperidine rings is 1. The number of likely N-dealkylation sites (tertiary alicyclic amines) is 1. The predicted octanol–water partition coefficient (Wildman–Crippen LogP) is 5.45. The molecule has 3 aliphatic heterocycles. The van der Waals surface area contributed by atoms with E-state index < -0.39 is 11.6 Å². The first-order valence-corrected chi connectivity index (χ1v) is 14.0. The molecule has 1 atom stereocenters. The quantitative estimate of drug-likeness (QED) is 0.334. The molecule has 212 valence electrons. The van der Waals surface area contributed by atoms with E-state index >= 15 is 0 Å². The summed E-state index contributed by atoms with van der Waals surface area (Å²) in [5.74, 6) is 0.604. The zero-order chi connectivity index (χ0) is 27.9. The van der Waals surface area contributed by atoms with E-state index in [2.05, 4.69) is 44.2 Å². The fourth-order valence-corrected chi connectivity index (χ4v) is 6.04. The van der Waals surface area contributed by atoms with Gasteiger partial charge in [0.25, 0.3) is 0 Å². The average Bonchev–Trinajstić information content (AvgIpc) is 3.75. The van der Waals surface area contributed by atoms with Crippen LogP contribution in [0.2, 0.25) is 0 Å². The maximum Gasteiger partial charge on any atom is 0.158 e. The van der Waals surface area contributed by atoms with Crippen molar-refractivity contribution in [3.8, 4) is 16.9 Å². The minimum Gasteiger partial charge on any atom is -0.491 e. The predicted molar refractivity (Wildman–Crippen MR) is 150 cm³/mol. The van der Waals surface area contributed by atoms with Crippen LogP contribution in [0, 0.1) is 11.6 Å². The molecular weight excluding hydrogens is 528 g/mol. The summed E-state index contributed by atoms with van der Waals surface area (Å²) in [5.41, 5.74) is 4.66. The third kappa shape index (κ3) is 5.11. The van der Waals surface area contributed by atoms with Gasteiger partial charge in [0.05, 0.1) is 37.2 Å². The number of ether oxygens (including phenoxy) is 1. The second kappa shape index (κ2) is 10.7. The van der Waals surface area contributed by atoms with Crippen LogP contribution in [0.25, 0.3) is 11.1 Å². The Hall–Kier alpha value is -4.09. The van der Waals surface area contributed by atoms with Crippen molar-refractivity contribution in [3.63, 3.8) is 0 Å². The Balaban J connectivity index is 1.12. The summed E-state index contributed by atoms with van der Waals surface area (Å²) < 4.78 is 36.0. The monoisotopic (exact) mass is 559 g/mol. The van der Waals surface area contributed by atoms with E-state index in [9.17, 15) is 8.78 Å². The number of halogens is 2. The largest absolute Gasteiger partial charge is 0.491 e. The van der Waals surface area contributed by atoms with Crippen LogP contribution in [0.1, 0.15) is 42.5 Å². The number of nitrogens with zero attached hydrogens (tertiary/aromatic N) is 6. The summed E-state index contributed by atoms with van der Waals surface area (Å²) in [6, 6.07) is 9.44. The van der Waals surface area contributed by atoms with Gasteiger partial charge in [-0.15, -0.1) is 0 Å². The Labute approximate surface area is 236 Å². The molecule has 1 N–H and O–H groups in total. The summed E-state index contributed by atoms with van der Waals surface area (Å²) in [6.07, 6.45) is 9.14. The molecule has 9 nitrogen and oxygen atoms in total. The molecule has 3 aliphatic rings. The summed E-state index contributed by atoms with van der Waals surface area (Å²) in [4.78, 5) is 17.0. The van der Waals surface area contributed by atoms with Crippen LogP contribution in [-0.2, 0) is 11.3 Å². The topological polar surface area (TPSA) is 80.6 Å². The molecule has 2 saturated heterocycles. The number of hydrogen-bond acceptors (Lipinski definition) is 8. The molecule has 2 aromatic heterocycles. The molecule has 0 bridgehead atoms. The molecule has 2 fully saturated rings. The second-order valence-electron chi connectivity index (χ2n) is 10.9. The van der Waals surface area contributed by atoms with Crippen molar-refractivity contribution in [1.82, 2.24) is 24.6 Å². The second-order valence-corrected chi connectivity index (χ2v) is 10.9. The molecular formula is C30H31F2N7O2. The van der Waals surface area contributed by atoms with Crippen LogP contribution >= 0.6 is 0 Å². The van der Waals surface area contributed by atoms with Gasteiger partial charge < -0.3 is 15.0 Å². The number of fused-ring (bicyclic) bond motifs is 1. The van der Waals surface area contributed by atoms with Crippen LogP contribution in [0.3, 0.4) is 0 Å². The lowest BCUT2D eigenvalue weighted by Crippen LogP contribution is -2.31. The molecule has 0 amide bonds. The zero-order valence-electron chi connectivity index (χ0n) is 22.8. The maximum absolute atomic E-state index is 13.9. The minimum absolute atomic E-state index is 0.370. The van der Waals surface area contributed by atoms with Gasteiger partial charge in [0.15, 0.2) is 5.82 Å². The van der Waals surface area contributed by atoms with Gasteiger partial charge in [-0.2, -0.15) is 5.10 Å². The highest BCUT2D eigenvalue weighted by Gasteiger charge is 2.30. The summed E-state index contributed by atoms with van der Waals surface area (Å²) in [5, 5.41) is 9.68. The smallest absolute Gasteiger partial charge is 0.158 e. The Morgan fingerprint density at radius 3 is 2.63 bits per heavy atom. The van der Waals surface area contributed by atoms with Crippen molar-refractivity contribution < 1.29 is 18.4 Å². The van der Waals surface area contributed by atoms with Gasteiger partial charge in [-0.1, -0.05) is 6.07 Å². The van der Waals surface area contributed by atoms with Crippen molar-refractivity contribution in [1.29, 1.82) is 0 Å². The van der Waals surface area contributed by atoms with Crippen LogP contribution < -0.4 is 15.1 Å². The number of aromatic nitrogens is 4. The van der Waals surface area contributed by atoms with Gasteiger partial charge in [-0.05, 0) is 62.3 Å². The highest BCUT2D eigenvalue weighted by atomic mass is 19.1. The van der Waals surface area contributed by atoms with Crippen LogP contribution in [0.5, 0.6) is 5.75 Å². The van der Waals surface area contributed by atoms with Crippen molar-refractivity contribution in [2.24, 2.45) is 0 Å². The van der Waals surface area contributed by atoms with Crippen molar-refractivity contribution in [2.75, 3.05) is 43.7 Å². The molecule has 2 aromatic carbocycles. The maximum atomic E-state index is 13.9. The first-order chi connectivity index (χ1) is 20.0. The number of anilines is 3. The molecule has 0 unspecified atom stereocenters. The molecule has 7 rings (SSSR count). The molecule has 41 heavy (non-hydrogen) atoms. The third-order valence-corrected chi connectivity index (χ3v) is 8.15. The number of rotatable bonds is 6. The van der Waals surface area contributed by atoms with E-state index in [4.69, 9.17) is 14.7 Å². The van der Waals surface area contributed by atoms with Gasteiger partial charge in [-0.3, -0.25) is 9.52 Å². The van der Waals surface area contributed by atoms with E-state index in [-0.39, 0.29) is 6.04 Å². The highest BCUT2D eigenvalue weighted by molar-refractivity contribution is 5.78.